The molecule has 1 aromatic heterocycles. The van der Waals surface area contributed by atoms with E-state index >= 15 is 0 Å². The van der Waals surface area contributed by atoms with Gasteiger partial charge in [-0.1, -0.05) is 37.7 Å². The molecule has 0 saturated carbocycles. The van der Waals surface area contributed by atoms with Crippen molar-refractivity contribution in [2.24, 2.45) is 0 Å². The average Bonchev–Trinajstić information content (AvgIpc) is 3.13. The maximum Gasteiger partial charge on any atom is 0.573 e. The van der Waals surface area contributed by atoms with Gasteiger partial charge in [0, 0.05) is 25.7 Å². The van der Waals surface area contributed by atoms with Gasteiger partial charge >= 0.3 is 12.5 Å². The van der Waals surface area contributed by atoms with E-state index in [0.29, 0.717) is 42.0 Å². The number of amides is 2. The first kappa shape index (κ1) is 29.2. The van der Waals surface area contributed by atoms with Crippen molar-refractivity contribution in [1.29, 1.82) is 0 Å². The number of halogens is 3. The predicted molar refractivity (Wildman–Crippen MR) is 142 cm³/mol. The summed E-state index contributed by atoms with van der Waals surface area (Å²) in [7, 11) is -0.165. The molecule has 38 heavy (non-hydrogen) atoms. The van der Waals surface area contributed by atoms with E-state index in [1.165, 1.54) is 18.2 Å². The molecule has 1 aliphatic heterocycles. The summed E-state index contributed by atoms with van der Waals surface area (Å²) in [6, 6.07) is 7.10. The first-order valence-electron chi connectivity index (χ1n) is 12.3. The van der Waals surface area contributed by atoms with Gasteiger partial charge in [0.1, 0.15) is 30.8 Å². The van der Waals surface area contributed by atoms with Gasteiger partial charge in [-0.15, -0.1) is 18.7 Å². The molecule has 2 aromatic rings. The van der Waals surface area contributed by atoms with Gasteiger partial charge in [0.05, 0.1) is 6.04 Å². The highest BCUT2D eigenvalue weighted by Gasteiger charge is 2.34. The number of hydrogen-bond acceptors (Lipinski definition) is 4. The highest BCUT2D eigenvalue weighted by molar-refractivity contribution is 6.83. The van der Waals surface area contributed by atoms with E-state index in [1.54, 1.807) is 44.9 Å². The van der Waals surface area contributed by atoms with E-state index in [2.05, 4.69) is 41.2 Å². The molecule has 0 radical (unpaired) electrons. The van der Waals surface area contributed by atoms with Gasteiger partial charge in [0.25, 0.3) is 5.91 Å². The number of alkyl carbamates (subject to hydrolysis) is 1. The van der Waals surface area contributed by atoms with Crippen LogP contribution >= 0.6 is 0 Å². The lowest BCUT2D eigenvalue weighted by molar-refractivity contribution is -0.274. The molecule has 1 aliphatic rings. The van der Waals surface area contributed by atoms with Crippen LogP contribution in [0.2, 0.25) is 19.6 Å². The number of nitrogens with one attached hydrogen (secondary N) is 1. The van der Waals surface area contributed by atoms with Crippen LogP contribution < -0.4 is 10.1 Å². The second-order valence-electron chi connectivity index (χ2n) is 11.3. The molecule has 1 atom stereocenters. The minimum atomic E-state index is -4.83. The van der Waals surface area contributed by atoms with Crippen LogP contribution in [0.15, 0.2) is 30.3 Å². The van der Waals surface area contributed by atoms with E-state index in [4.69, 9.17) is 4.74 Å². The number of hydrogen-bond donors (Lipinski definition) is 1. The van der Waals surface area contributed by atoms with E-state index in [1.807, 2.05) is 4.57 Å². The topological polar surface area (TPSA) is 72.8 Å². The largest absolute Gasteiger partial charge is 0.573 e. The molecule has 2 heterocycles. The highest BCUT2D eigenvalue weighted by atomic mass is 28.3. The molecule has 0 fully saturated rings. The molecule has 0 saturated heterocycles. The number of aromatic nitrogens is 1. The molecule has 1 N–H and O–H groups in total. The maximum atomic E-state index is 13.2. The minimum absolute atomic E-state index is 0.216. The highest BCUT2D eigenvalue weighted by Crippen LogP contribution is 2.36. The number of fused-ring (bicyclic) bond motifs is 1. The Kier molecular flexibility index (Phi) is 8.26. The van der Waals surface area contributed by atoms with Gasteiger partial charge in [0.2, 0.25) is 0 Å². The third-order valence-electron chi connectivity index (χ3n) is 5.53. The zero-order valence-corrected chi connectivity index (χ0v) is 23.7. The van der Waals surface area contributed by atoms with Crippen LogP contribution in [0.1, 0.15) is 49.4 Å². The fourth-order valence-corrected chi connectivity index (χ4v) is 4.57. The number of rotatable bonds is 5. The van der Waals surface area contributed by atoms with Crippen molar-refractivity contribution in [1.82, 2.24) is 14.8 Å². The summed E-state index contributed by atoms with van der Waals surface area (Å²) in [5.74, 6) is 2.68. The maximum absolute atomic E-state index is 13.2. The lowest BCUT2D eigenvalue weighted by Crippen LogP contribution is -2.42. The molecule has 0 bridgehead atoms. The molecule has 1 unspecified atom stereocenters. The summed E-state index contributed by atoms with van der Waals surface area (Å²) in [6.45, 7) is 12.3. The first-order chi connectivity index (χ1) is 17.4. The number of alkyl halides is 3. The molecule has 206 valence electrons. The Morgan fingerprint density at radius 1 is 1.18 bits per heavy atom. The number of likely N-dealkylation sites (N-methyl/N-ethyl adjacent to an activating group) is 1. The van der Waals surface area contributed by atoms with Crippen molar-refractivity contribution in [2.75, 3.05) is 20.1 Å². The zero-order valence-electron chi connectivity index (χ0n) is 22.7. The van der Waals surface area contributed by atoms with Crippen LogP contribution in [0.3, 0.4) is 0 Å². The molecule has 1 aromatic carbocycles. The van der Waals surface area contributed by atoms with E-state index in [-0.39, 0.29) is 17.7 Å². The first-order valence-corrected chi connectivity index (χ1v) is 15.8. The van der Waals surface area contributed by atoms with Gasteiger partial charge in [-0.2, -0.15) is 0 Å². The van der Waals surface area contributed by atoms with Crippen molar-refractivity contribution in [2.45, 2.75) is 64.8 Å². The summed E-state index contributed by atoms with van der Waals surface area (Å²) in [6.07, 6.45) is -4.88. The van der Waals surface area contributed by atoms with Crippen LogP contribution in [0.5, 0.6) is 5.75 Å². The van der Waals surface area contributed by atoms with Gasteiger partial charge in [0.15, 0.2) is 0 Å². The second-order valence-corrected chi connectivity index (χ2v) is 16.0. The SMILES string of the molecule is CN1CC(CCNC(=O)OC(C)(C)C)n2c(cc(-c3cccc(OC(F)(F)F)c3)c2C#C[Si](C)(C)C)C1=O. The molecule has 0 aliphatic carbocycles. The number of carbonyl (C=O) groups excluding carboxylic acids is 2. The van der Waals surface area contributed by atoms with Crippen LogP contribution in [0.25, 0.3) is 11.1 Å². The van der Waals surface area contributed by atoms with Crippen molar-refractivity contribution < 1.29 is 32.2 Å². The van der Waals surface area contributed by atoms with Crippen LogP contribution in [-0.4, -0.2) is 61.6 Å². The smallest absolute Gasteiger partial charge is 0.444 e. The molecule has 3 rings (SSSR count). The molecule has 0 spiro atoms. The van der Waals surface area contributed by atoms with Crippen molar-refractivity contribution in [3.05, 3.63) is 41.7 Å². The van der Waals surface area contributed by atoms with Gasteiger partial charge in [-0.05, 0) is 51.0 Å². The Morgan fingerprint density at radius 3 is 2.47 bits per heavy atom. The van der Waals surface area contributed by atoms with Gasteiger partial charge in [-0.25, -0.2) is 4.79 Å². The predicted octanol–water partition coefficient (Wildman–Crippen LogP) is 5.82. The number of ether oxygens (including phenoxy) is 2. The van der Waals surface area contributed by atoms with Crippen LogP contribution in [0.4, 0.5) is 18.0 Å². The normalized spacial score (nSPS) is 15.9. The summed E-state index contributed by atoms with van der Waals surface area (Å²) >= 11 is 0. The summed E-state index contributed by atoms with van der Waals surface area (Å²) < 4.78 is 49.9. The Labute approximate surface area is 222 Å². The molecular weight excluding hydrogens is 515 g/mol. The molecule has 7 nitrogen and oxygen atoms in total. The van der Waals surface area contributed by atoms with Crippen molar-refractivity contribution in [3.63, 3.8) is 0 Å². The summed E-state index contributed by atoms with van der Waals surface area (Å²) in [4.78, 5) is 26.9. The summed E-state index contributed by atoms with van der Waals surface area (Å²) in [5.41, 5.74) is 4.64. The van der Waals surface area contributed by atoms with Crippen molar-refractivity contribution in [3.8, 4) is 28.3 Å². The minimum Gasteiger partial charge on any atom is -0.444 e. The standard InChI is InChI=1S/C27H34F3N3O4Si/c1-26(2,3)37-25(35)31-13-11-19-17-32(4)24(34)23-16-21(22(33(19)23)12-14-38(5,6)7)18-9-8-10-20(15-18)36-27(28,29)30/h8-10,15-16,19H,11,13,17H2,1-7H3,(H,31,35). The molecule has 2 amide bonds. The lowest BCUT2D eigenvalue weighted by atomic mass is 10.1. The Bertz CT molecular complexity index is 1260. The zero-order chi connectivity index (χ0) is 28.5. The summed E-state index contributed by atoms with van der Waals surface area (Å²) in [5, 5.41) is 2.76. The van der Waals surface area contributed by atoms with E-state index in [0.717, 1.165) is 0 Å². The quantitative estimate of drug-likeness (QED) is 0.377. The Morgan fingerprint density at radius 2 is 1.87 bits per heavy atom. The number of nitrogens with zero attached hydrogens (tertiary/aromatic N) is 2. The monoisotopic (exact) mass is 549 g/mol. The van der Waals surface area contributed by atoms with Gasteiger partial charge in [-0.3, -0.25) is 4.79 Å². The fraction of sp³-hybridized carbons (Fsp3) is 0.481. The average molecular weight is 550 g/mol. The Balaban J connectivity index is 2.05. The third kappa shape index (κ3) is 7.80. The molecule has 11 heteroatoms. The van der Waals surface area contributed by atoms with Crippen LogP contribution in [-0.2, 0) is 4.74 Å². The number of carbonyl (C=O) groups is 2. The van der Waals surface area contributed by atoms with Crippen molar-refractivity contribution >= 4 is 20.1 Å². The molecular formula is C27H34F3N3O4Si. The fourth-order valence-electron chi connectivity index (χ4n) is 4.08. The number of benzene rings is 1. The van der Waals surface area contributed by atoms with E-state index < -0.39 is 26.1 Å². The van der Waals surface area contributed by atoms with Crippen LogP contribution in [0, 0.1) is 11.5 Å². The second kappa shape index (κ2) is 10.8. The Hall–Kier alpha value is -3.39. The third-order valence-corrected chi connectivity index (χ3v) is 6.41. The lowest BCUT2D eigenvalue weighted by Gasteiger charge is -2.33. The van der Waals surface area contributed by atoms with E-state index in [9.17, 15) is 22.8 Å². The van der Waals surface area contributed by atoms with Gasteiger partial charge < -0.3 is 24.3 Å².